The van der Waals surface area contributed by atoms with Crippen molar-refractivity contribution in [3.63, 3.8) is 0 Å². The van der Waals surface area contributed by atoms with Crippen molar-refractivity contribution < 1.29 is 9.90 Å². The lowest BCUT2D eigenvalue weighted by atomic mass is 9.80. The fraction of sp³-hybridized carbons (Fsp3) is 0.800. The Morgan fingerprint density at radius 3 is 2.43 bits per heavy atom. The van der Waals surface area contributed by atoms with Crippen molar-refractivity contribution >= 4 is 5.97 Å². The monoisotopic (exact) mass is 196 g/mol. The van der Waals surface area contributed by atoms with Crippen LogP contribution in [0.4, 0.5) is 0 Å². The molecule has 0 saturated carbocycles. The minimum atomic E-state index is -0.721. The molecule has 14 heavy (non-hydrogen) atoms. The molecule has 1 aliphatic heterocycles. The van der Waals surface area contributed by atoms with Gasteiger partial charge in [-0.1, -0.05) is 0 Å². The van der Waals surface area contributed by atoms with Crippen molar-refractivity contribution in [1.82, 2.24) is 4.90 Å². The third-order valence-electron chi connectivity index (χ3n) is 3.15. The lowest BCUT2D eigenvalue weighted by molar-refractivity contribution is -0.150. The standard InChI is InChI=1S/C10H16N2O2/c1-8(7-11)12-5-3-10(2,4-6-12)9(13)14/h8H,3-6H2,1-2H3,(H,13,14). The molecule has 4 nitrogen and oxygen atoms in total. The Morgan fingerprint density at radius 1 is 1.57 bits per heavy atom. The number of piperidine rings is 1. The highest BCUT2D eigenvalue weighted by atomic mass is 16.4. The molecule has 78 valence electrons. The van der Waals surface area contributed by atoms with Crippen molar-refractivity contribution in [1.29, 1.82) is 5.26 Å². The number of rotatable bonds is 2. The van der Waals surface area contributed by atoms with E-state index in [2.05, 4.69) is 6.07 Å². The van der Waals surface area contributed by atoms with E-state index in [0.717, 1.165) is 0 Å². The normalized spacial score (nSPS) is 23.8. The largest absolute Gasteiger partial charge is 0.481 e. The Bertz CT molecular complexity index is 262. The summed E-state index contributed by atoms with van der Waals surface area (Å²) in [6.45, 7) is 5.04. The Balaban J connectivity index is 2.55. The summed E-state index contributed by atoms with van der Waals surface area (Å²) in [5.74, 6) is -0.721. The molecule has 1 N–H and O–H groups in total. The van der Waals surface area contributed by atoms with E-state index in [1.807, 2.05) is 11.8 Å². The molecule has 1 rings (SSSR count). The van der Waals surface area contributed by atoms with Gasteiger partial charge in [-0.25, -0.2) is 0 Å². The van der Waals surface area contributed by atoms with Crippen LogP contribution < -0.4 is 0 Å². The lowest BCUT2D eigenvalue weighted by Crippen LogP contribution is -2.45. The summed E-state index contributed by atoms with van der Waals surface area (Å²) < 4.78 is 0. The molecule has 1 aliphatic rings. The van der Waals surface area contributed by atoms with E-state index in [0.29, 0.717) is 25.9 Å². The fourth-order valence-corrected chi connectivity index (χ4v) is 1.70. The van der Waals surface area contributed by atoms with Crippen LogP contribution in [-0.4, -0.2) is 35.1 Å². The number of hydrogen-bond donors (Lipinski definition) is 1. The van der Waals surface area contributed by atoms with E-state index >= 15 is 0 Å². The van der Waals surface area contributed by atoms with Gasteiger partial charge in [0.25, 0.3) is 0 Å². The molecule has 0 spiro atoms. The van der Waals surface area contributed by atoms with Gasteiger partial charge in [0, 0.05) is 13.1 Å². The molecular weight excluding hydrogens is 180 g/mol. The van der Waals surface area contributed by atoms with Gasteiger partial charge in [0.2, 0.25) is 0 Å². The van der Waals surface area contributed by atoms with E-state index in [1.165, 1.54) is 0 Å². The number of nitriles is 1. The second kappa shape index (κ2) is 3.97. The minimum Gasteiger partial charge on any atom is -0.481 e. The van der Waals surface area contributed by atoms with Crippen LogP contribution in [-0.2, 0) is 4.79 Å². The first-order valence-corrected chi connectivity index (χ1v) is 4.87. The van der Waals surface area contributed by atoms with Gasteiger partial charge in [-0.15, -0.1) is 0 Å². The highest BCUT2D eigenvalue weighted by molar-refractivity contribution is 5.74. The number of hydrogen-bond acceptors (Lipinski definition) is 3. The summed E-state index contributed by atoms with van der Waals surface area (Å²) in [7, 11) is 0. The summed E-state index contributed by atoms with van der Waals surface area (Å²) in [5, 5.41) is 17.7. The molecule has 1 atom stereocenters. The van der Waals surface area contributed by atoms with Gasteiger partial charge < -0.3 is 5.11 Å². The minimum absolute atomic E-state index is 0.103. The molecule has 0 aromatic carbocycles. The Hall–Kier alpha value is -1.08. The van der Waals surface area contributed by atoms with Crippen molar-refractivity contribution in [3.8, 4) is 6.07 Å². The molecule has 0 amide bonds. The van der Waals surface area contributed by atoms with Crippen LogP contribution in [0.3, 0.4) is 0 Å². The molecule has 0 bridgehead atoms. The van der Waals surface area contributed by atoms with Gasteiger partial charge in [0.1, 0.15) is 0 Å². The van der Waals surface area contributed by atoms with Gasteiger partial charge in [0.15, 0.2) is 0 Å². The molecule has 0 aromatic heterocycles. The van der Waals surface area contributed by atoms with Crippen LogP contribution in [0.1, 0.15) is 26.7 Å². The van der Waals surface area contributed by atoms with Gasteiger partial charge in [-0.05, 0) is 26.7 Å². The van der Waals surface area contributed by atoms with E-state index in [9.17, 15) is 4.79 Å². The second-order valence-corrected chi connectivity index (χ2v) is 4.21. The molecule has 0 aromatic rings. The van der Waals surface area contributed by atoms with Crippen molar-refractivity contribution in [2.45, 2.75) is 32.7 Å². The first kappa shape index (κ1) is 11.0. The topological polar surface area (TPSA) is 64.3 Å². The van der Waals surface area contributed by atoms with Crippen LogP contribution in [0.25, 0.3) is 0 Å². The summed E-state index contributed by atoms with van der Waals surface area (Å²) in [6.07, 6.45) is 1.27. The van der Waals surface area contributed by atoms with Crippen LogP contribution in [0.5, 0.6) is 0 Å². The van der Waals surface area contributed by atoms with Gasteiger partial charge in [-0.2, -0.15) is 5.26 Å². The van der Waals surface area contributed by atoms with Crippen LogP contribution in [0.15, 0.2) is 0 Å². The Labute approximate surface area is 84.1 Å². The average molecular weight is 196 g/mol. The average Bonchev–Trinajstić information content (AvgIpc) is 2.17. The van der Waals surface area contributed by atoms with Crippen LogP contribution in [0.2, 0.25) is 0 Å². The van der Waals surface area contributed by atoms with Crippen LogP contribution >= 0.6 is 0 Å². The van der Waals surface area contributed by atoms with Crippen molar-refractivity contribution in [2.75, 3.05) is 13.1 Å². The number of likely N-dealkylation sites (tertiary alicyclic amines) is 1. The molecule has 1 saturated heterocycles. The maximum Gasteiger partial charge on any atom is 0.309 e. The highest BCUT2D eigenvalue weighted by Gasteiger charge is 2.37. The van der Waals surface area contributed by atoms with E-state index < -0.39 is 11.4 Å². The van der Waals surface area contributed by atoms with Gasteiger partial charge >= 0.3 is 5.97 Å². The lowest BCUT2D eigenvalue weighted by Gasteiger charge is -2.37. The Kier molecular flexibility index (Phi) is 3.12. The predicted molar refractivity (Wildman–Crippen MR) is 51.6 cm³/mol. The van der Waals surface area contributed by atoms with Gasteiger partial charge in [0.05, 0.1) is 17.5 Å². The highest BCUT2D eigenvalue weighted by Crippen LogP contribution is 2.31. The predicted octanol–water partition coefficient (Wildman–Crippen LogP) is 1.09. The molecule has 4 heteroatoms. The second-order valence-electron chi connectivity index (χ2n) is 4.21. The third kappa shape index (κ3) is 2.05. The zero-order valence-corrected chi connectivity index (χ0v) is 8.66. The summed E-state index contributed by atoms with van der Waals surface area (Å²) in [4.78, 5) is 13.0. The first-order valence-electron chi connectivity index (χ1n) is 4.87. The number of carbonyl (C=O) groups is 1. The quantitative estimate of drug-likeness (QED) is 0.718. The van der Waals surface area contributed by atoms with Crippen molar-refractivity contribution in [2.24, 2.45) is 5.41 Å². The molecule has 1 unspecified atom stereocenters. The van der Waals surface area contributed by atoms with E-state index in [-0.39, 0.29) is 6.04 Å². The van der Waals surface area contributed by atoms with E-state index in [1.54, 1.807) is 6.92 Å². The summed E-state index contributed by atoms with van der Waals surface area (Å²) >= 11 is 0. The van der Waals surface area contributed by atoms with Crippen LogP contribution in [0, 0.1) is 16.7 Å². The molecule has 0 aliphatic carbocycles. The number of carboxylic acids is 1. The van der Waals surface area contributed by atoms with Gasteiger partial charge in [-0.3, -0.25) is 9.69 Å². The molecule has 1 heterocycles. The fourth-order valence-electron chi connectivity index (χ4n) is 1.70. The summed E-state index contributed by atoms with van der Waals surface area (Å²) in [5.41, 5.74) is -0.592. The molecule has 0 radical (unpaired) electrons. The SMILES string of the molecule is CC(C#N)N1CCC(C)(C(=O)O)CC1. The van der Waals surface area contributed by atoms with E-state index in [4.69, 9.17) is 10.4 Å². The first-order chi connectivity index (χ1) is 6.49. The zero-order valence-electron chi connectivity index (χ0n) is 8.66. The maximum absolute atomic E-state index is 10.9. The maximum atomic E-state index is 10.9. The summed E-state index contributed by atoms with van der Waals surface area (Å²) in [6, 6.07) is 2.07. The zero-order chi connectivity index (χ0) is 10.8. The number of nitrogens with zero attached hydrogens (tertiary/aromatic N) is 2. The number of aliphatic carboxylic acids is 1. The third-order valence-corrected chi connectivity index (χ3v) is 3.15. The Morgan fingerprint density at radius 2 is 2.07 bits per heavy atom. The molecule has 1 fully saturated rings. The molecular formula is C10H16N2O2. The smallest absolute Gasteiger partial charge is 0.309 e. The number of carboxylic acid groups (broad SMARTS) is 1. The van der Waals surface area contributed by atoms with Crippen molar-refractivity contribution in [3.05, 3.63) is 0 Å².